The molecule has 1 aromatic heterocycles. The molecule has 0 aliphatic carbocycles. The van der Waals surface area contributed by atoms with Gasteiger partial charge in [-0.2, -0.15) is 0 Å². The van der Waals surface area contributed by atoms with Gasteiger partial charge in [-0.3, -0.25) is 4.98 Å². The maximum absolute atomic E-state index is 10.1. The third-order valence-corrected chi connectivity index (χ3v) is 2.83. The van der Waals surface area contributed by atoms with Crippen molar-refractivity contribution < 1.29 is 5.11 Å². The summed E-state index contributed by atoms with van der Waals surface area (Å²) in [6.45, 7) is 4.00. The molecule has 1 N–H and O–H groups in total. The normalized spacial score (nSPS) is 12.4. The zero-order valence-electron chi connectivity index (χ0n) is 10.2. The number of hydrogen-bond acceptors (Lipinski definition) is 2. The molecule has 2 rings (SSSR count). The Labute approximate surface area is 102 Å². The Morgan fingerprint density at radius 1 is 1.18 bits per heavy atom. The number of pyridine rings is 1. The molecule has 88 valence electrons. The fraction of sp³-hybridized carbons (Fsp3) is 0.267. The number of aliphatic hydroxyl groups is 1. The lowest BCUT2D eigenvalue weighted by molar-refractivity contribution is 0.178. The summed E-state index contributed by atoms with van der Waals surface area (Å²) in [7, 11) is 0. The van der Waals surface area contributed by atoms with Gasteiger partial charge >= 0.3 is 0 Å². The fourth-order valence-electron chi connectivity index (χ4n) is 1.86. The Morgan fingerprint density at radius 2 is 2.00 bits per heavy atom. The van der Waals surface area contributed by atoms with Crippen LogP contribution >= 0.6 is 0 Å². The lowest BCUT2D eigenvalue weighted by Crippen LogP contribution is -2.02. The Balaban J connectivity index is 2.11. The lowest BCUT2D eigenvalue weighted by atomic mass is 10.0. The highest BCUT2D eigenvalue weighted by molar-refractivity contribution is 5.25. The van der Waals surface area contributed by atoms with Crippen LogP contribution in [0.4, 0.5) is 0 Å². The van der Waals surface area contributed by atoms with E-state index in [1.807, 2.05) is 31.2 Å². The van der Waals surface area contributed by atoms with Crippen molar-refractivity contribution in [2.24, 2.45) is 0 Å². The number of aliphatic hydroxyl groups excluding tert-OH is 1. The predicted molar refractivity (Wildman–Crippen MR) is 68.8 cm³/mol. The van der Waals surface area contributed by atoms with Gasteiger partial charge in [0.2, 0.25) is 0 Å². The minimum Gasteiger partial charge on any atom is -0.388 e. The molecule has 2 heteroatoms. The first-order valence-corrected chi connectivity index (χ1v) is 5.81. The van der Waals surface area contributed by atoms with E-state index in [2.05, 4.69) is 24.0 Å². The molecule has 1 heterocycles. The smallest absolute Gasteiger partial charge is 0.0845 e. The van der Waals surface area contributed by atoms with Gasteiger partial charge in [0.05, 0.1) is 6.10 Å². The molecule has 0 spiro atoms. The second-order valence-corrected chi connectivity index (χ2v) is 4.44. The first-order valence-electron chi connectivity index (χ1n) is 5.81. The van der Waals surface area contributed by atoms with Crippen molar-refractivity contribution in [3.05, 3.63) is 65.0 Å². The quantitative estimate of drug-likeness (QED) is 0.874. The van der Waals surface area contributed by atoms with E-state index in [4.69, 9.17) is 0 Å². The largest absolute Gasteiger partial charge is 0.388 e. The van der Waals surface area contributed by atoms with Crippen molar-refractivity contribution in [2.75, 3.05) is 0 Å². The second-order valence-electron chi connectivity index (χ2n) is 4.44. The Morgan fingerprint density at radius 3 is 2.65 bits per heavy atom. The van der Waals surface area contributed by atoms with Crippen molar-refractivity contribution in [3.8, 4) is 0 Å². The van der Waals surface area contributed by atoms with Crippen LogP contribution in [0.1, 0.15) is 28.5 Å². The molecule has 1 aromatic carbocycles. The number of benzene rings is 1. The Bertz CT molecular complexity index is 491. The van der Waals surface area contributed by atoms with E-state index < -0.39 is 6.10 Å². The molecule has 0 radical (unpaired) electrons. The second kappa shape index (κ2) is 5.11. The summed E-state index contributed by atoms with van der Waals surface area (Å²) in [6.07, 6.45) is 1.90. The number of rotatable bonds is 3. The maximum atomic E-state index is 10.1. The van der Waals surface area contributed by atoms with Crippen molar-refractivity contribution >= 4 is 0 Å². The van der Waals surface area contributed by atoms with Gasteiger partial charge in [0.25, 0.3) is 0 Å². The van der Waals surface area contributed by atoms with Crippen molar-refractivity contribution in [2.45, 2.75) is 26.4 Å². The third-order valence-electron chi connectivity index (χ3n) is 2.83. The van der Waals surface area contributed by atoms with Crippen LogP contribution < -0.4 is 0 Å². The Hall–Kier alpha value is -1.67. The van der Waals surface area contributed by atoms with Gasteiger partial charge in [-0.05, 0) is 31.0 Å². The monoisotopic (exact) mass is 227 g/mol. The molecule has 0 fully saturated rings. The fourth-order valence-corrected chi connectivity index (χ4v) is 1.86. The minimum atomic E-state index is -0.482. The molecule has 0 aliphatic rings. The standard InChI is InChI=1S/C15H17NO/c1-11-4-3-5-13(8-11)9-15(17)14-7-6-12(2)16-10-14/h3-8,10,15,17H,9H2,1-2H3. The molecule has 2 aromatic rings. The molecule has 1 atom stereocenters. The van der Waals surface area contributed by atoms with Crippen LogP contribution in [-0.4, -0.2) is 10.1 Å². The van der Waals surface area contributed by atoms with E-state index in [9.17, 15) is 5.11 Å². The number of aromatic nitrogens is 1. The molecule has 0 aliphatic heterocycles. The first kappa shape index (κ1) is 11.8. The minimum absolute atomic E-state index is 0.482. The topological polar surface area (TPSA) is 33.1 Å². The zero-order valence-corrected chi connectivity index (χ0v) is 10.2. The van der Waals surface area contributed by atoms with Crippen molar-refractivity contribution in [3.63, 3.8) is 0 Å². The molecule has 1 unspecified atom stereocenters. The third kappa shape index (κ3) is 3.14. The van der Waals surface area contributed by atoms with E-state index in [1.54, 1.807) is 6.20 Å². The number of nitrogens with zero attached hydrogens (tertiary/aromatic N) is 1. The average molecular weight is 227 g/mol. The van der Waals surface area contributed by atoms with Gasteiger partial charge in [0.1, 0.15) is 0 Å². The van der Waals surface area contributed by atoms with Crippen LogP contribution in [0.15, 0.2) is 42.6 Å². The van der Waals surface area contributed by atoms with Crippen molar-refractivity contribution in [1.82, 2.24) is 4.98 Å². The van der Waals surface area contributed by atoms with E-state index in [0.717, 1.165) is 16.8 Å². The summed E-state index contributed by atoms with van der Waals surface area (Å²) >= 11 is 0. The van der Waals surface area contributed by atoms with E-state index in [0.29, 0.717) is 6.42 Å². The van der Waals surface area contributed by atoms with Gasteiger partial charge in [0, 0.05) is 18.3 Å². The highest BCUT2D eigenvalue weighted by Crippen LogP contribution is 2.18. The summed E-state index contributed by atoms with van der Waals surface area (Å²) in [4.78, 5) is 4.20. The number of hydrogen-bond donors (Lipinski definition) is 1. The van der Waals surface area contributed by atoms with Crippen LogP contribution in [0.2, 0.25) is 0 Å². The van der Waals surface area contributed by atoms with Gasteiger partial charge < -0.3 is 5.11 Å². The average Bonchev–Trinajstić information content (AvgIpc) is 2.29. The van der Waals surface area contributed by atoms with Crippen LogP contribution in [0, 0.1) is 13.8 Å². The van der Waals surface area contributed by atoms with E-state index >= 15 is 0 Å². The highest BCUT2D eigenvalue weighted by atomic mass is 16.3. The molecule has 0 saturated heterocycles. The van der Waals surface area contributed by atoms with Crippen LogP contribution in [-0.2, 0) is 6.42 Å². The SMILES string of the molecule is Cc1cccc(CC(O)c2ccc(C)nc2)c1. The Kier molecular flexibility index (Phi) is 3.55. The van der Waals surface area contributed by atoms with Gasteiger partial charge in [-0.1, -0.05) is 35.9 Å². The lowest BCUT2D eigenvalue weighted by Gasteiger charge is -2.11. The van der Waals surface area contributed by atoms with Gasteiger partial charge in [0.15, 0.2) is 0 Å². The van der Waals surface area contributed by atoms with Crippen LogP contribution in [0.5, 0.6) is 0 Å². The number of aryl methyl sites for hydroxylation is 2. The molecule has 0 bridgehead atoms. The first-order chi connectivity index (χ1) is 8.15. The summed E-state index contributed by atoms with van der Waals surface area (Å²) in [5, 5.41) is 10.1. The van der Waals surface area contributed by atoms with E-state index in [-0.39, 0.29) is 0 Å². The molecule has 0 amide bonds. The molecular weight excluding hydrogens is 210 g/mol. The molecular formula is C15H17NO. The molecule has 2 nitrogen and oxygen atoms in total. The maximum Gasteiger partial charge on any atom is 0.0845 e. The van der Waals surface area contributed by atoms with Crippen molar-refractivity contribution in [1.29, 1.82) is 0 Å². The predicted octanol–water partition coefficient (Wildman–Crippen LogP) is 2.97. The molecule has 17 heavy (non-hydrogen) atoms. The molecule has 0 saturated carbocycles. The van der Waals surface area contributed by atoms with Gasteiger partial charge in [-0.25, -0.2) is 0 Å². The van der Waals surface area contributed by atoms with Gasteiger partial charge in [-0.15, -0.1) is 0 Å². The van der Waals surface area contributed by atoms with Crippen LogP contribution in [0.3, 0.4) is 0 Å². The highest BCUT2D eigenvalue weighted by Gasteiger charge is 2.08. The van der Waals surface area contributed by atoms with E-state index in [1.165, 1.54) is 5.56 Å². The summed E-state index contributed by atoms with van der Waals surface area (Å²) in [6, 6.07) is 12.1. The zero-order chi connectivity index (χ0) is 12.3. The summed E-state index contributed by atoms with van der Waals surface area (Å²) in [5.41, 5.74) is 4.21. The summed E-state index contributed by atoms with van der Waals surface area (Å²) < 4.78 is 0. The summed E-state index contributed by atoms with van der Waals surface area (Å²) in [5.74, 6) is 0. The van der Waals surface area contributed by atoms with Crippen LogP contribution in [0.25, 0.3) is 0 Å².